The molecule has 2 aromatic rings. The highest BCUT2D eigenvalue weighted by molar-refractivity contribution is 7.89. The number of hydrogen-bond acceptors (Lipinski definition) is 3. The second kappa shape index (κ2) is 6.75. The molecule has 126 valence electrons. The first-order valence-corrected chi connectivity index (χ1v) is 9.40. The van der Waals surface area contributed by atoms with Crippen LogP contribution in [0.3, 0.4) is 0 Å². The van der Waals surface area contributed by atoms with Crippen LogP contribution < -0.4 is 9.62 Å². The van der Waals surface area contributed by atoms with Gasteiger partial charge in [0.1, 0.15) is 0 Å². The van der Waals surface area contributed by atoms with Crippen molar-refractivity contribution in [2.75, 3.05) is 11.4 Å². The highest BCUT2D eigenvalue weighted by Gasteiger charge is 2.21. The fourth-order valence-electron chi connectivity index (χ4n) is 2.73. The van der Waals surface area contributed by atoms with Gasteiger partial charge in [0, 0.05) is 25.2 Å². The summed E-state index contributed by atoms with van der Waals surface area (Å²) in [6, 6.07) is 14.2. The Morgan fingerprint density at radius 2 is 1.88 bits per heavy atom. The van der Waals surface area contributed by atoms with Crippen LogP contribution in [-0.4, -0.2) is 20.9 Å². The average molecular weight is 344 g/mol. The van der Waals surface area contributed by atoms with Crippen molar-refractivity contribution >= 4 is 21.6 Å². The van der Waals surface area contributed by atoms with Gasteiger partial charge in [-0.15, -0.1) is 0 Å². The normalized spacial score (nSPS) is 15.0. The van der Waals surface area contributed by atoms with E-state index in [1.54, 1.807) is 29.2 Å². The Balaban J connectivity index is 1.72. The van der Waals surface area contributed by atoms with Gasteiger partial charge in [0.15, 0.2) is 0 Å². The van der Waals surface area contributed by atoms with Crippen molar-refractivity contribution in [1.82, 2.24) is 4.72 Å². The maximum Gasteiger partial charge on any atom is 0.240 e. The molecule has 5 nitrogen and oxygen atoms in total. The van der Waals surface area contributed by atoms with Gasteiger partial charge in [-0.05, 0) is 43.2 Å². The molecule has 0 radical (unpaired) electrons. The Hall–Kier alpha value is -2.18. The third kappa shape index (κ3) is 3.66. The molecule has 1 aliphatic heterocycles. The lowest BCUT2D eigenvalue weighted by molar-refractivity contribution is -0.117. The number of hydrogen-bond donors (Lipinski definition) is 1. The Morgan fingerprint density at radius 1 is 1.12 bits per heavy atom. The van der Waals surface area contributed by atoms with Crippen molar-refractivity contribution in [3.63, 3.8) is 0 Å². The summed E-state index contributed by atoms with van der Waals surface area (Å²) in [6.07, 6.45) is 1.44. The number of carbonyl (C=O) groups excluding carboxylic acids is 1. The van der Waals surface area contributed by atoms with Gasteiger partial charge >= 0.3 is 0 Å². The van der Waals surface area contributed by atoms with Gasteiger partial charge in [-0.2, -0.15) is 0 Å². The molecule has 1 heterocycles. The smallest absolute Gasteiger partial charge is 0.240 e. The molecule has 1 N–H and O–H groups in total. The molecule has 0 aromatic heterocycles. The van der Waals surface area contributed by atoms with Gasteiger partial charge in [-0.1, -0.05) is 29.8 Å². The Labute approximate surface area is 142 Å². The maximum absolute atomic E-state index is 12.3. The molecular formula is C18H20N2O3S. The molecule has 3 rings (SSSR count). The van der Waals surface area contributed by atoms with Crippen LogP contribution in [-0.2, 0) is 21.4 Å². The van der Waals surface area contributed by atoms with E-state index in [1.165, 1.54) is 0 Å². The minimum atomic E-state index is -3.55. The minimum Gasteiger partial charge on any atom is -0.312 e. The predicted molar refractivity (Wildman–Crippen MR) is 93.2 cm³/mol. The van der Waals surface area contributed by atoms with Crippen LogP contribution in [0.15, 0.2) is 53.4 Å². The fourth-order valence-corrected chi connectivity index (χ4v) is 3.75. The monoisotopic (exact) mass is 344 g/mol. The second-order valence-electron chi connectivity index (χ2n) is 5.96. The van der Waals surface area contributed by atoms with Crippen molar-refractivity contribution < 1.29 is 13.2 Å². The van der Waals surface area contributed by atoms with Crippen LogP contribution in [0.5, 0.6) is 0 Å². The zero-order valence-electron chi connectivity index (χ0n) is 13.5. The first-order chi connectivity index (χ1) is 11.5. The summed E-state index contributed by atoms with van der Waals surface area (Å²) in [7, 11) is -3.55. The molecule has 2 aromatic carbocycles. The van der Waals surface area contributed by atoms with Gasteiger partial charge in [-0.3, -0.25) is 4.79 Å². The molecule has 1 aliphatic rings. The van der Waals surface area contributed by atoms with E-state index in [1.807, 2.05) is 31.2 Å². The number of amides is 1. The second-order valence-corrected chi connectivity index (χ2v) is 7.72. The summed E-state index contributed by atoms with van der Waals surface area (Å²) in [6.45, 7) is 2.82. The number of nitrogens with zero attached hydrogens (tertiary/aromatic N) is 1. The highest BCUT2D eigenvalue weighted by atomic mass is 32.2. The molecular weight excluding hydrogens is 324 g/mol. The largest absolute Gasteiger partial charge is 0.312 e. The zero-order chi connectivity index (χ0) is 17.2. The minimum absolute atomic E-state index is 0.118. The lowest BCUT2D eigenvalue weighted by atomic mass is 10.2. The Bertz CT molecular complexity index is 845. The molecule has 6 heteroatoms. The lowest BCUT2D eigenvalue weighted by Gasteiger charge is -2.16. The topological polar surface area (TPSA) is 66.5 Å². The lowest BCUT2D eigenvalue weighted by Crippen LogP contribution is -2.25. The quantitative estimate of drug-likeness (QED) is 0.907. The van der Waals surface area contributed by atoms with Gasteiger partial charge in [-0.25, -0.2) is 13.1 Å². The van der Waals surface area contributed by atoms with Gasteiger partial charge in [0.05, 0.1) is 4.90 Å². The highest BCUT2D eigenvalue weighted by Crippen LogP contribution is 2.22. The molecule has 0 atom stereocenters. The van der Waals surface area contributed by atoms with Crippen LogP contribution in [0.2, 0.25) is 0 Å². The van der Waals surface area contributed by atoms with E-state index in [4.69, 9.17) is 0 Å². The van der Waals surface area contributed by atoms with Crippen molar-refractivity contribution in [1.29, 1.82) is 0 Å². The van der Waals surface area contributed by atoms with Gasteiger partial charge in [0.2, 0.25) is 15.9 Å². The molecule has 1 amide bonds. The predicted octanol–water partition coefficient (Wildman–Crippen LogP) is 2.60. The van der Waals surface area contributed by atoms with E-state index in [-0.39, 0.29) is 17.3 Å². The van der Waals surface area contributed by atoms with E-state index >= 15 is 0 Å². The molecule has 24 heavy (non-hydrogen) atoms. The number of aryl methyl sites for hydroxylation is 1. The van der Waals surface area contributed by atoms with Crippen molar-refractivity contribution in [2.45, 2.75) is 31.2 Å². The molecule has 0 spiro atoms. The van der Waals surface area contributed by atoms with E-state index in [0.29, 0.717) is 6.42 Å². The van der Waals surface area contributed by atoms with Crippen LogP contribution in [0.4, 0.5) is 5.69 Å². The van der Waals surface area contributed by atoms with E-state index in [2.05, 4.69) is 4.72 Å². The van der Waals surface area contributed by atoms with Gasteiger partial charge in [0.25, 0.3) is 0 Å². The number of rotatable bonds is 5. The summed E-state index contributed by atoms with van der Waals surface area (Å²) in [5.74, 6) is 0.118. The van der Waals surface area contributed by atoms with Crippen molar-refractivity contribution in [2.24, 2.45) is 0 Å². The molecule has 0 aliphatic carbocycles. The van der Waals surface area contributed by atoms with Crippen LogP contribution in [0, 0.1) is 6.92 Å². The molecule has 0 saturated carbocycles. The number of nitrogens with one attached hydrogen (secondary N) is 1. The summed E-state index contributed by atoms with van der Waals surface area (Å²) in [4.78, 5) is 13.8. The van der Waals surface area contributed by atoms with Crippen molar-refractivity contribution in [3.05, 3.63) is 59.7 Å². The van der Waals surface area contributed by atoms with Crippen LogP contribution in [0.1, 0.15) is 24.0 Å². The summed E-state index contributed by atoms with van der Waals surface area (Å²) in [5, 5.41) is 0. The van der Waals surface area contributed by atoms with Crippen LogP contribution in [0.25, 0.3) is 0 Å². The first-order valence-electron chi connectivity index (χ1n) is 7.91. The average Bonchev–Trinajstić information content (AvgIpc) is 3.00. The van der Waals surface area contributed by atoms with E-state index in [9.17, 15) is 13.2 Å². The number of benzene rings is 2. The number of anilines is 1. The summed E-state index contributed by atoms with van der Waals surface area (Å²) < 4.78 is 27.3. The molecule has 1 saturated heterocycles. The summed E-state index contributed by atoms with van der Waals surface area (Å²) >= 11 is 0. The number of sulfonamides is 1. The zero-order valence-corrected chi connectivity index (χ0v) is 14.3. The molecule has 0 bridgehead atoms. The third-order valence-corrected chi connectivity index (χ3v) is 5.51. The Morgan fingerprint density at radius 3 is 2.54 bits per heavy atom. The van der Waals surface area contributed by atoms with Crippen LogP contribution >= 0.6 is 0 Å². The molecule has 1 fully saturated rings. The molecule has 0 unspecified atom stereocenters. The Kier molecular flexibility index (Phi) is 4.69. The fraction of sp³-hybridized carbons (Fsp3) is 0.278. The number of carbonyl (C=O) groups is 1. The SMILES string of the molecule is Cc1ccc(S(=O)(=O)NCc2cccc(N3CCCC3=O)c2)cc1. The third-order valence-electron chi connectivity index (χ3n) is 4.09. The van der Waals surface area contributed by atoms with Gasteiger partial charge < -0.3 is 4.90 Å². The first kappa shape index (κ1) is 16.7. The van der Waals surface area contributed by atoms with E-state index in [0.717, 1.165) is 29.8 Å². The standard InChI is InChI=1S/C18H20N2O3S/c1-14-7-9-17(10-8-14)24(22,23)19-13-15-4-2-5-16(12-15)20-11-3-6-18(20)21/h2,4-5,7-10,12,19H,3,6,11,13H2,1H3. The van der Waals surface area contributed by atoms with E-state index < -0.39 is 10.0 Å². The summed E-state index contributed by atoms with van der Waals surface area (Å²) in [5.41, 5.74) is 2.66. The maximum atomic E-state index is 12.3. The van der Waals surface area contributed by atoms with Crippen molar-refractivity contribution in [3.8, 4) is 0 Å².